The first-order valence-corrected chi connectivity index (χ1v) is 10.6. The zero-order valence-corrected chi connectivity index (χ0v) is 16.5. The first-order chi connectivity index (χ1) is 12.7. The van der Waals surface area contributed by atoms with Crippen molar-refractivity contribution in [2.75, 3.05) is 16.4 Å². The van der Waals surface area contributed by atoms with Crippen molar-refractivity contribution in [3.05, 3.63) is 100 Å². The van der Waals surface area contributed by atoms with E-state index in [2.05, 4.69) is 59.5 Å². The molecule has 0 aliphatic carbocycles. The maximum Gasteiger partial charge on any atom is 0.0639 e. The van der Waals surface area contributed by atoms with Crippen molar-refractivity contribution in [1.82, 2.24) is 0 Å². The molecule has 0 aromatic heterocycles. The van der Waals surface area contributed by atoms with Crippen LogP contribution in [0.5, 0.6) is 0 Å². The van der Waals surface area contributed by atoms with E-state index in [-0.39, 0.29) is 0 Å². The summed E-state index contributed by atoms with van der Waals surface area (Å²) in [6.07, 6.45) is 0. The summed E-state index contributed by atoms with van der Waals surface area (Å²) in [5, 5.41) is 1.55. The molecule has 1 nitrogen and oxygen atoms in total. The number of rotatable bonds is 3. The maximum atomic E-state index is 6.11. The molecule has 3 aromatic carbocycles. The van der Waals surface area contributed by atoms with Gasteiger partial charge in [0.25, 0.3) is 0 Å². The maximum absolute atomic E-state index is 6.11. The normalized spacial score (nSPS) is 20.2. The van der Waals surface area contributed by atoms with Crippen molar-refractivity contribution in [2.45, 2.75) is 12.1 Å². The Labute approximate surface area is 168 Å². The third-order valence-electron chi connectivity index (χ3n) is 4.79. The Balaban J connectivity index is 1.77. The average Bonchev–Trinajstić information content (AvgIpc) is 2.69. The number of nitrogens with zero attached hydrogens (tertiary/aromatic N) is 1. The van der Waals surface area contributed by atoms with Crippen LogP contribution in [0.1, 0.15) is 23.2 Å². The lowest BCUT2D eigenvalue weighted by atomic mass is 9.99. The number of anilines is 1. The third-order valence-corrected chi connectivity index (χ3v) is 6.39. The highest BCUT2D eigenvalue weighted by atomic mass is 35.5. The van der Waals surface area contributed by atoms with Gasteiger partial charge in [-0.05, 0) is 47.5 Å². The van der Waals surface area contributed by atoms with Crippen LogP contribution in [0.3, 0.4) is 0 Å². The number of halogens is 2. The molecular formula is C22H19Cl2NS. The van der Waals surface area contributed by atoms with E-state index < -0.39 is 0 Å². The summed E-state index contributed by atoms with van der Waals surface area (Å²) in [5.41, 5.74) is 3.83. The highest BCUT2D eigenvalue weighted by Crippen LogP contribution is 2.43. The fraction of sp³-hybridized carbons (Fsp3) is 0.182. The van der Waals surface area contributed by atoms with Crippen LogP contribution >= 0.6 is 35.0 Å². The minimum Gasteiger partial charge on any atom is -0.356 e. The predicted molar refractivity (Wildman–Crippen MR) is 115 cm³/mol. The van der Waals surface area contributed by atoms with E-state index in [1.165, 1.54) is 16.8 Å². The van der Waals surface area contributed by atoms with Gasteiger partial charge in [0.15, 0.2) is 0 Å². The number of benzene rings is 3. The molecule has 2 unspecified atom stereocenters. The SMILES string of the molecule is Clc1ccc(C2CSCC(c3ccc(Cl)cc3)N2c2ccccc2)cc1. The van der Waals surface area contributed by atoms with Crippen LogP contribution in [0, 0.1) is 0 Å². The minimum atomic E-state index is 0.300. The van der Waals surface area contributed by atoms with Crippen LogP contribution in [-0.2, 0) is 0 Å². The Morgan fingerprint density at radius 2 is 1.12 bits per heavy atom. The molecule has 2 atom stereocenters. The Kier molecular flexibility index (Phi) is 5.44. The average molecular weight is 400 g/mol. The fourth-order valence-corrected chi connectivity index (χ4v) is 5.05. The number of hydrogen-bond acceptors (Lipinski definition) is 2. The van der Waals surface area contributed by atoms with Gasteiger partial charge in [-0.25, -0.2) is 0 Å². The Morgan fingerprint density at radius 1 is 0.654 bits per heavy atom. The summed E-state index contributed by atoms with van der Waals surface area (Å²) in [7, 11) is 0. The van der Waals surface area contributed by atoms with Gasteiger partial charge < -0.3 is 4.90 Å². The van der Waals surface area contributed by atoms with E-state index in [1.807, 2.05) is 36.0 Å². The second kappa shape index (κ2) is 7.96. The first-order valence-electron chi connectivity index (χ1n) is 8.64. The topological polar surface area (TPSA) is 3.24 Å². The zero-order chi connectivity index (χ0) is 17.9. The van der Waals surface area contributed by atoms with Gasteiger partial charge in [0.05, 0.1) is 12.1 Å². The molecule has 132 valence electrons. The molecule has 1 aliphatic rings. The van der Waals surface area contributed by atoms with Crippen LogP contribution in [0.4, 0.5) is 5.69 Å². The van der Waals surface area contributed by atoms with Gasteiger partial charge in [-0.2, -0.15) is 11.8 Å². The highest BCUT2D eigenvalue weighted by molar-refractivity contribution is 7.99. The van der Waals surface area contributed by atoms with E-state index >= 15 is 0 Å². The molecule has 0 N–H and O–H groups in total. The molecule has 0 radical (unpaired) electrons. The zero-order valence-electron chi connectivity index (χ0n) is 14.2. The van der Waals surface area contributed by atoms with Crippen LogP contribution in [-0.4, -0.2) is 11.5 Å². The number of thioether (sulfide) groups is 1. The van der Waals surface area contributed by atoms with Crippen LogP contribution in [0.25, 0.3) is 0 Å². The molecule has 3 aromatic rings. The summed E-state index contributed by atoms with van der Waals surface area (Å²) in [6.45, 7) is 0. The van der Waals surface area contributed by atoms with Crippen molar-refractivity contribution < 1.29 is 0 Å². The van der Waals surface area contributed by atoms with Crippen molar-refractivity contribution in [3.63, 3.8) is 0 Å². The molecule has 4 heteroatoms. The monoisotopic (exact) mass is 399 g/mol. The van der Waals surface area contributed by atoms with Gasteiger partial charge >= 0.3 is 0 Å². The lowest BCUT2D eigenvalue weighted by Gasteiger charge is -2.44. The molecule has 4 rings (SSSR count). The van der Waals surface area contributed by atoms with Gasteiger partial charge in [-0.1, -0.05) is 65.7 Å². The third kappa shape index (κ3) is 3.73. The molecule has 26 heavy (non-hydrogen) atoms. The number of hydrogen-bond donors (Lipinski definition) is 0. The second-order valence-electron chi connectivity index (χ2n) is 6.41. The van der Waals surface area contributed by atoms with Crippen molar-refractivity contribution >= 4 is 40.7 Å². The lowest BCUT2D eigenvalue weighted by molar-refractivity contribution is 0.582. The summed E-state index contributed by atoms with van der Waals surface area (Å²) in [5.74, 6) is 2.11. The Bertz CT molecular complexity index is 796. The van der Waals surface area contributed by atoms with Crippen LogP contribution < -0.4 is 4.90 Å². The van der Waals surface area contributed by atoms with Crippen molar-refractivity contribution in [3.8, 4) is 0 Å². The van der Waals surface area contributed by atoms with Crippen LogP contribution in [0.15, 0.2) is 78.9 Å². The summed E-state index contributed by atoms with van der Waals surface area (Å²) >= 11 is 14.2. The fourth-order valence-electron chi connectivity index (χ4n) is 3.51. The Hall–Kier alpha value is -1.61. The number of para-hydroxylation sites is 1. The van der Waals surface area contributed by atoms with Gasteiger partial charge in [0, 0.05) is 27.2 Å². The predicted octanol–water partition coefficient (Wildman–Crippen LogP) is 7.03. The van der Waals surface area contributed by atoms with Gasteiger partial charge in [-0.15, -0.1) is 0 Å². The quantitative estimate of drug-likeness (QED) is 0.464. The summed E-state index contributed by atoms with van der Waals surface area (Å²) in [6, 6.07) is 27.8. The van der Waals surface area contributed by atoms with Gasteiger partial charge in [-0.3, -0.25) is 0 Å². The smallest absolute Gasteiger partial charge is 0.0639 e. The van der Waals surface area contributed by atoms with Gasteiger partial charge in [0.1, 0.15) is 0 Å². The Morgan fingerprint density at radius 3 is 1.58 bits per heavy atom. The molecule has 0 bridgehead atoms. The van der Waals surface area contributed by atoms with Gasteiger partial charge in [0.2, 0.25) is 0 Å². The van der Waals surface area contributed by atoms with E-state index in [0.29, 0.717) is 12.1 Å². The largest absolute Gasteiger partial charge is 0.356 e. The molecule has 0 spiro atoms. The molecular weight excluding hydrogens is 381 g/mol. The minimum absolute atomic E-state index is 0.300. The summed E-state index contributed by atoms with van der Waals surface area (Å²) < 4.78 is 0. The lowest BCUT2D eigenvalue weighted by Crippen LogP contribution is -2.39. The van der Waals surface area contributed by atoms with E-state index in [4.69, 9.17) is 23.2 Å². The first kappa shape index (κ1) is 17.8. The molecule has 0 saturated carbocycles. The molecule has 1 aliphatic heterocycles. The van der Waals surface area contributed by atoms with E-state index in [1.54, 1.807) is 0 Å². The van der Waals surface area contributed by atoms with E-state index in [0.717, 1.165) is 21.6 Å². The standard InChI is InChI=1S/C22H19Cl2NS/c23-18-10-6-16(7-11-18)21-14-26-15-22(17-8-12-19(24)13-9-17)25(21)20-4-2-1-3-5-20/h1-13,21-22H,14-15H2. The van der Waals surface area contributed by atoms with Crippen molar-refractivity contribution in [2.24, 2.45) is 0 Å². The van der Waals surface area contributed by atoms with E-state index in [9.17, 15) is 0 Å². The second-order valence-corrected chi connectivity index (χ2v) is 8.36. The van der Waals surface area contributed by atoms with Crippen LogP contribution in [0.2, 0.25) is 10.0 Å². The molecule has 1 heterocycles. The molecule has 1 fully saturated rings. The van der Waals surface area contributed by atoms with Crippen molar-refractivity contribution in [1.29, 1.82) is 0 Å². The summed E-state index contributed by atoms with van der Waals surface area (Å²) in [4.78, 5) is 2.54. The molecule has 0 amide bonds. The highest BCUT2D eigenvalue weighted by Gasteiger charge is 2.33. The molecule has 1 saturated heterocycles.